The van der Waals surface area contributed by atoms with Crippen molar-refractivity contribution in [2.75, 3.05) is 33.4 Å². The summed E-state index contributed by atoms with van der Waals surface area (Å²) < 4.78 is 11.2. The zero-order valence-electron chi connectivity index (χ0n) is 17.4. The smallest absolute Gasteiger partial charge is 0.223 e. The largest absolute Gasteiger partial charge is 0.496 e. The first-order valence-corrected chi connectivity index (χ1v) is 9.97. The Balaban J connectivity index is 0.00000320. The van der Waals surface area contributed by atoms with E-state index in [1.807, 2.05) is 29.2 Å². The maximum Gasteiger partial charge on any atom is 0.223 e. The van der Waals surface area contributed by atoms with Crippen LogP contribution in [-0.2, 0) is 4.79 Å². The molecule has 6 nitrogen and oxygen atoms in total. The van der Waals surface area contributed by atoms with Crippen LogP contribution in [0.5, 0.6) is 11.5 Å². The van der Waals surface area contributed by atoms with E-state index in [1.54, 1.807) is 31.4 Å². The lowest BCUT2D eigenvalue weighted by molar-refractivity contribution is -0.134. The van der Waals surface area contributed by atoms with E-state index in [-0.39, 0.29) is 30.1 Å². The van der Waals surface area contributed by atoms with Gasteiger partial charge in [-0.25, -0.2) is 0 Å². The number of rotatable bonds is 8. The average Bonchev–Trinajstić information content (AvgIpc) is 2.76. The molecule has 1 N–H and O–H groups in total. The summed E-state index contributed by atoms with van der Waals surface area (Å²) in [6, 6.07) is 14.9. The molecule has 162 valence electrons. The van der Waals surface area contributed by atoms with Gasteiger partial charge in [-0.2, -0.15) is 0 Å². The van der Waals surface area contributed by atoms with Crippen LogP contribution in [-0.4, -0.2) is 49.9 Å². The van der Waals surface area contributed by atoms with Crippen molar-refractivity contribution in [3.8, 4) is 11.5 Å². The van der Waals surface area contributed by atoms with E-state index in [4.69, 9.17) is 9.47 Å². The molecular formula is C23H29ClN2O4. The van der Waals surface area contributed by atoms with Crippen LogP contribution in [0, 0.1) is 0 Å². The number of nitrogens with one attached hydrogen (secondary N) is 1. The molecule has 1 aliphatic heterocycles. The van der Waals surface area contributed by atoms with Crippen LogP contribution in [0.25, 0.3) is 0 Å². The second kappa shape index (κ2) is 11.6. The van der Waals surface area contributed by atoms with Crippen LogP contribution in [0.15, 0.2) is 48.5 Å². The highest BCUT2D eigenvalue weighted by Gasteiger charge is 2.29. The summed E-state index contributed by atoms with van der Waals surface area (Å²) >= 11 is 0. The minimum Gasteiger partial charge on any atom is -0.496 e. The SMILES string of the molecule is COc1ccccc1C1CNCCN1C(=O)CCCOc1ccc(C(C)=O)cc1.Cl. The van der Waals surface area contributed by atoms with Crippen LogP contribution >= 0.6 is 12.4 Å². The zero-order valence-corrected chi connectivity index (χ0v) is 18.2. The Bertz CT molecular complexity index is 841. The van der Waals surface area contributed by atoms with Crippen LogP contribution in [0.4, 0.5) is 0 Å². The Morgan fingerprint density at radius 1 is 1.13 bits per heavy atom. The van der Waals surface area contributed by atoms with Crippen LogP contribution in [0.1, 0.15) is 41.7 Å². The van der Waals surface area contributed by atoms with Gasteiger partial charge in [-0.1, -0.05) is 18.2 Å². The average molecular weight is 433 g/mol. The van der Waals surface area contributed by atoms with Gasteiger partial charge in [-0.15, -0.1) is 12.4 Å². The first kappa shape index (κ1) is 23.7. The number of carbonyl (C=O) groups excluding carboxylic acids is 2. The van der Waals surface area contributed by atoms with Gasteiger partial charge in [0.2, 0.25) is 5.91 Å². The van der Waals surface area contributed by atoms with E-state index in [2.05, 4.69) is 5.32 Å². The van der Waals surface area contributed by atoms with Gasteiger partial charge in [0.15, 0.2) is 5.78 Å². The van der Waals surface area contributed by atoms with Crippen molar-refractivity contribution in [3.63, 3.8) is 0 Å². The Morgan fingerprint density at radius 2 is 1.87 bits per heavy atom. The molecule has 1 fully saturated rings. The third kappa shape index (κ3) is 5.97. The zero-order chi connectivity index (χ0) is 20.6. The quantitative estimate of drug-likeness (QED) is 0.509. The number of halogens is 1. The number of Topliss-reactive ketones (excluding diaryl/α,β-unsaturated/α-hetero) is 1. The summed E-state index contributed by atoms with van der Waals surface area (Å²) in [6.45, 7) is 4.17. The number of hydrogen-bond acceptors (Lipinski definition) is 5. The van der Waals surface area contributed by atoms with Crippen LogP contribution in [0.3, 0.4) is 0 Å². The number of benzene rings is 2. The molecule has 0 spiro atoms. The molecule has 0 saturated carbocycles. The van der Waals surface area contributed by atoms with Gasteiger partial charge in [0.25, 0.3) is 0 Å². The van der Waals surface area contributed by atoms with E-state index in [0.717, 1.165) is 17.9 Å². The molecule has 30 heavy (non-hydrogen) atoms. The molecule has 0 aromatic heterocycles. The number of ketones is 1. The number of piperazine rings is 1. The number of para-hydroxylation sites is 1. The number of carbonyl (C=O) groups is 2. The summed E-state index contributed by atoms with van der Waals surface area (Å²) in [5, 5.41) is 3.37. The Labute approximate surface area is 184 Å². The molecular weight excluding hydrogens is 404 g/mol. The third-order valence-corrected chi connectivity index (χ3v) is 5.13. The van der Waals surface area contributed by atoms with E-state index in [0.29, 0.717) is 43.9 Å². The monoisotopic (exact) mass is 432 g/mol. The van der Waals surface area contributed by atoms with Crippen LogP contribution in [0.2, 0.25) is 0 Å². The molecule has 1 aliphatic rings. The van der Waals surface area contributed by atoms with Crippen molar-refractivity contribution in [2.45, 2.75) is 25.8 Å². The van der Waals surface area contributed by atoms with Gasteiger partial charge in [-0.3, -0.25) is 9.59 Å². The van der Waals surface area contributed by atoms with E-state index in [1.165, 1.54) is 6.92 Å². The lowest BCUT2D eigenvalue weighted by atomic mass is 10.0. The lowest BCUT2D eigenvalue weighted by Gasteiger charge is -2.37. The van der Waals surface area contributed by atoms with E-state index in [9.17, 15) is 9.59 Å². The van der Waals surface area contributed by atoms with Gasteiger partial charge >= 0.3 is 0 Å². The topological polar surface area (TPSA) is 67.9 Å². The predicted octanol–water partition coefficient (Wildman–Crippen LogP) is 3.65. The number of ether oxygens (including phenoxy) is 2. The highest BCUT2D eigenvalue weighted by atomic mass is 35.5. The molecule has 1 saturated heterocycles. The fourth-order valence-electron chi connectivity index (χ4n) is 3.57. The Kier molecular flexibility index (Phi) is 9.15. The van der Waals surface area contributed by atoms with Crippen molar-refractivity contribution in [1.29, 1.82) is 0 Å². The summed E-state index contributed by atoms with van der Waals surface area (Å²) in [6.07, 6.45) is 1.06. The minimum absolute atomic E-state index is 0. The number of methoxy groups -OCH3 is 1. The predicted molar refractivity (Wildman–Crippen MR) is 119 cm³/mol. The molecule has 2 aromatic rings. The molecule has 0 radical (unpaired) electrons. The molecule has 7 heteroatoms. The van der Waals surface area contributed by atoms with Crippen molar-refractivity contribution in [3.05, 3.63) is 59.7 Å². The van der Waals surface area contributed by atoms with E-state index < -0.39 is 0 Å². The molecule has 0 bridgehead atoms. The Morgan fingerprint density at radius 3 is 2.57 bits per heavy atom. The van der Waals surface area contributed by atoms with Crippen molar-refractivity contribution in [1.82, 2.24) is 10.2 Å². The van der Waals surface area contributed by atoms with Crippen LogP contribution < -0.4 is 14.8 Å². The summed E-state index contributed by atoms with van der Waals surface area (Å²) in [5.41, 5.74) is 1.69. The maximum absolute atomic E-state index is 12.9. The fourth-order valence-corrected chi connectivity index (χ4v) is 3.57. The number of amides is 1. The number of nitrogens with zero attached hydrogens (tertiary/aromatic N) is 1. The molecule has 0 aliphatic carbocycles. The van der Waals surface area contributed by atoms with Crippen molar-refractivity contribution >= 4 is 24.1 Å². The summed E-state index contributed by atoms with van der Waals surface area (Å²) in [4.78, 5) is 26.1. The van der Waals surface area contributed by atoms with E-state index >= 15 is 0 Å². The first-order valence-electron chi connectivity index (χ1n) is 9.97. The Hall–Kier alpha value is -2.57. The maximum atomic E-state index is 12.9. The summed E-state index contributed by atoms with van der Waals surface area (Å²) in [7, 11) is 1.65. The van der Waals surface area contributed by atoms with Gasteiger partial charge < -0.3 is 19.7 Å². The molecule has 1 unspecified atom stereocenters. The van der Waals surface area contributed by atoms with Crippen molar-refractivity contribution in [2.24, 2.45) is 0 Å². The van der Waals surface area contributed by atoms with Gasteiger partial charge in [0.1, 0.15) is 11.5 Å². The fraction of sp³-hybridized carbons (Fsp3) is 0.391. The second-order valence-corrected chi connectivity index (χ2v) is 7.08. The normalized spacial score (nSPS) is 15.8. The highest BCUT2D eigenvalue weighted by molar-refractivity contribution is 5.94. The third-order valence-electron chi connectivity index (χ3n) is 5.13. The lowest BCUT2D eigenvalue weighted by Crippen LogP contribution is -2.48. The van der Waals surface area contributed by atoms with Gasteiger partial charge in [-0.05, 0) is 43.7 Å². The summed E-state index contributed by atoms with van der Waals surface area (Å²) in [5.74, 6) is 1.66. The standard InChI is InChI=1S/C23H28N2O4.ClH/c1-17(26)18-9-11-19(12-10-18)29-15-5-8-23(27)25-14-13-24-16-21(25)20-6-3-4-7-22(20)28-2;/h3-4,6-7,9-12,21,24H,5,8,13-16H2,1-2H3;1H. The minimum atomic E-state index is -0.0348. The first-order chi connectivity index (χ1) is 14.1. The molecule has 1 amide bonds. The molecule has 2 aromatic carbocycles. The molecule has 1 heterocycles. The number of hydrogen-bond donors (Lipinski definition) is 1. The van der Waals surface area contributed by atoms with Gasteiger partial charge in [0.05, 0.1) is 19.8 Å². The second-order valence-electron chi connectivity index (χ2n) is 7.08. The molecule has 3 rings (SSSR count). The molecule has 1 atom stereocenters. The van der Waals surface area contributed by atoms with Crippen molar-refractivity contribution < 1.29 is 19.1 Å². The van der Waals surface area contributed by atoms with Gasteiger partial charge in [0, 0.05) is 37.2 Å². The highest BCUT2D eigenvalue weighted by Crippen LogP contribution is 2.30.